The van der Waals surface area contributed by atoms with Crippen molar-refractivity contribution in [3.05, 3.63) is 0 Å². The largest absolute Gasteiger partial charge is 0.341 e. The summed E-state index contributed by atoms with van der Waals surface area (Å²) in [5.41, 5.74) is -1.21. The van der Waals surface area contributed by atoms with Crippen molar-refractivity contribution in [3.8, 4) is 0 Å². The molecule has 0 radical (unpaired) electrons. The van der Waals surface area contributed by atoms with Crippen LogP contribution >= 0.6 is 8.03 Å². The van der Waals surface area contributed by atoms with E-state index in [1.54, 1.807) is 13.8 Å². The number of carbonyl (C=O) groups is 1. The highest BCUT2D eigenvalue weighted by Crippen LogP contribution is 2.36. The van der Waals surface area contributed by atoms with E-state index in [9.17, 15) is 9.36 Å². The first-order chi connectivity index (χ1) is 4.80. The second-order valence-electron chi connectivity index (χ2n) is 3.51. The van der Waals surface area contributed by atoms with Crippen LogP contribution in [0.1, 0.15) is 27.7 Å². The molecule has 0 rings (SSSR count). The molecule has 0 saturated heterocycles. The quantitative estimate of drug-likeness (QED) is 0.668. The Morgan fingerprint density at radius 3 is 1.91 bits per heavy atom. The summed E-state index contributed by atoms with van der Waals surface area (Å²) in [5.74, 6) is 0.0936. The minimum atomic E-state index is -3.00. The maximum Gasteiger partial charge on any atom is 0.253 e. The molecule has 0 amide bonds. The van der Waals surface area contributed by atoms with Gasteiger partial charge in [0.15, 0.2) is 0 Å². The Labute approximate surface area is 67.7 Å². The number of hydrogen-bond donors (Lipinski definition) is 1. The molecule has 0 spiro atoms. The summed E-state index contributed by atoms with van der Waals surface area (Å²) < 4.78 is 10.5. The third kappa shape index (κ3) is 2.42. The highest BCUT2D eigenvalue weighted by molar-refractivity contribution is 7.58. The molecule has 4 heteroatoms. The maximum atomic E-state index is 11.1. The van der Waals surface area contributed by atoms with Crippen LogP contribution in [0.15, 0.2) is 0 Å². The molecule has 0 bridgehead atoms. The molecular weight excluding hydrogens is 163 g/mol. The molecule has 0 aromatic rings. The van der Waals surface area contributed by atoms with Crippen LogP contribution in [-0.2, 0) is 9.36 Å². The van der Waals surface area contributed by atoms with Crippen molar-refractivity contribution in [1.29, 1.82) is 0 Å². The Bertz CT molecular complexity index is 184. The van der Waals surface area contributed by atoms with Crippen LogP contribution in [0.25, 0.3) is 0 Å². The molecular formula is C7H15O3P. The summed E-state index contributed by atoms with van der Waals surface area (Å²) in [6.07, 6.45) is 0. The zero-order valence-electron chi connectivity index (χ0n) is 7.34. The fourth-order valence-corrected chi connectivity index (χ4v) is 1.38. The lowest BCUT2D eigenvalue weighted by Crippen LogP contribution is -2.27. The van der Waals surface area contributed by atoms with Crippen molar-refractivity contribution < 1.29 is 14.3 Å². The molecule has 66 valence electrons. The van der Waals surface area contributed by atoms with Crippen LogP contribution in [0.3, 0.4) is 0 Å². The molecule has 1 atom stereocenters. The fourth-order valence-electron chi connectivity index (χ4n) is 0.538. The van der Waals surface area contributed by atoms with E-state index in [4.69, 9.17) is 4.89 Å². The Kier molecular flexibility index (Phi) is 3.46. The Morgan fingerprint density at radius 2 is 1.82 bits per heavy atom. The third-order valence-corrected chi connectivity index (χ3v) is 3.26. The van der Waals surface area contributed by atoms with E-state index in [0.29, 0.717) is 0 Å². The van der Waals surface area contributed by atoms with E-state index in [-0.39, 0.29) is 5.92 Å². The van der Waals surface area contributed by atoms with Crippen molar-refractivity contribution >= 4 is 13.6 Å². The first-order valence-corrected chi connectivity index (χ1v) is 4.93. The van der Waals surface area contributed by atoms with Gasteiger partial charge in [0.1, 0.15) is 0 Å². The van der Waals surface area contributed by atoms with E-state index in [2.05, 4.69) is 0 Å². The van der Waals surface area contributed by atoms with Gasteiger partial charge >= 0.3 is 0 Å². The number of rotatable bonds is 3. The highest BCUT2D eigenvalue weighted by Gasteiger charge is 2.33. The second kappa shape index (κ2) is 3.51. The van der Waals surface area contributed by atoms with Crippen LogP contribution in [0.4, 0.5) is 0 Å². The summed E-state index contributed by atoms with van der Waals surface area (Å²) in [5, 5.41) is 0. The monoisotopic (exact) mass is 178 g/mol. The number of hydrogen-bond acceptors (Lipinski definition) is 2. The molecule has 0 saturated carbocycles. The molecule has 0 aliphatic rings. The summed E-state index contributed by atoms with van der Waals surface area (Å²) in [6.45, 7) is 7.11. The van der Waals surface area contributed by atoms with Gasteiger partial charge in [0.05, 0.1) is 0 Å². The molecule has 11 heavy (non-hydrogen) atoms. The molecule has 0 aromatic heterocycles. The summed E-state index contributed by atoms with van der Waals surface area (Å²) in [7, 11) is -3.00. The zero-order valence-corrected chi connectivity index (χ0v) is 8.34. The van der Waals surface area contributed by atoms with Crippen LogP contribution in [0.2, 0.25) is 0 Å². The average Bonchev–Trinajstić information content (AvgIpc) is 1.85. The van der Waals surface area contributed by atoms with Gasteiger partial charge in [-0.3, -0.25) is 9.36 Å². The van der Waals surface area contributed by atoms with E-state index >= 15 is 0 Å². The van der Waals surface area contributed by atoms with E-state index in [1.165, 1.54) is 0 Å². The van der Waals surface area contributed by atoms with Gasteiger partial charge in [0.25, 0.3) is 8.03 Å². The van der Waals surface area contributed by atoms with Crippen molar-refractivity contribution in [1.82, 2.24) is 0 Å². The maximum absolute atomic E-state index is 11.1. The topological polar surface area (TPSA) is 54.4 Å². The first kappa shape index (κ1) is 10.9. The molecule has 0 aliphatic carbocycles. The third-order valence-electron chi connectivity index (χ3n) is 2.22. The van der Waals surface area contributed by atoms with Gasteiger partial charge in [-0.25, -0.2) is 0 Å². The van der Waals surface area contributed by atoms with E-state index < -0.39 is 19.0 Å². The average molecular weight is 178 g/mol. The lowest BCUT2D eigenvalue weighted by atomic mass is 9.83. The van der Waals surface area contributed by atoms with Crippen molar-refractivity contribution in [2.75, 3.05) is 0 Å². The standard InChI is InChI=1S/C7H15O3P/c1-5(2)7(3,4)6(8)11(9)10/h5,11H,1-4H3,(H,9,10). The van der Waals surface area contributed by atoms with Gasteiger partial charge in [-0.05, 0) is 5.92 Å². The van der Waals surface area contributed by atoms with Crippen LogP contribution in [0, 0.1) is 11.3 Å². The molecule has 1 N–H and O–H groups in total. The van der Waals surface area contributed by atoms with Gasteiger partial charge in [0.2, 0.25) is 5.52 Å². The lowest BCUT2D eigenvalue weighted by molar-refractivity contribution is -0.121. The van der Waals surface area contributed by atoms with Gasteiger partial charge in [-0.2, -0.15) is 0 Å². The number of carbonyl (C=O) groups excluding carboxylic acids is 1. The normalized spacial score (nSPS) is 15.1. The van der Waals surface area contributed by atoms with Gasteiger partial charge in [-0.15, -0.1) is 0 Å². The van der Waals surface area contributed by atoms with Gasteiger partial charge in [0, 0.05) is 5.41 Å². The summed E-state index contributed by atoms with van der Waals surface area (Å²) in [6, 6.07) is 0. The fraction of sp³-hybridized carbons (Fsp3) is 0.857. The summed E-state index contributed by atoms with van der Waals surface area (Å²) >= 11 is 0. The predicted octanol–water partition coefficient (Wildman–Crippen LogP) is 1.66. The molecule has 0 aromatic carbocycles. The Hall–Kier alpha value is -0.140. The molecule has 3 nitrogen and oxygen atoms in total. The summed E-state index contributed by atoms with van der Waals surface area (Å²) in [4.78, 5) is 19.7. The Balaban J connectivity index is 4.56. The SMILES string of the molecule is CC(C)C(C)(C)C(=O)[PH](=O)O. The van der Waals surface area contributed by atoms with Crippen LogP contribution in [0.5, 0.6) is 0 Å². The molecule has 0 heterocycles. The zero-order chi connectivity index (χ0) is 9.23. The predicted molar refractivity (Wildman–Crippen MR) is 44.8 cm³/mol. The van der Waals surface area contributed by atoms with Crippen molar-refractivity contribution in [3.63, 3.8) is 0 Å². The Morgan fingerprint density at radius 1 is 1.45 bits per heavy atom. The molecule has 0 aliphatic heterocycles. The minimum absolute atomic E-state index is 0.0936. The second-order valence-corrected chi connectivity index (χ2v) is 4.58. The first-order valence-electron chi connectivity index (χ1n) is 3.58. The van der Waals surface area contributed by atoms with Crippen LogP contribution in [-0.4, -0.2) is 10.4 Å². The van der Waals surface area contributed by atoms with Crippen molar-refractivity contribution in [2.24, 2.45) is 11.3 Å². The lowest BCUT2D eigenvalue weighted by Gasteiger charge is -2.25. The molecule has 0 fully saturated rings. The van der Waals surface area contributed by atoms with E-state index in [1.807, 2.05) is 13.8 Å². The van der Waals surface area contributed by atoms with E-state index in [0.717, 1.165) is 0 Å². The van der Waals surface area contributed by atoms with Gasteiger partial charge < -0.3 is 4.89 Å². The van der Waals surface area contributed by atoms with Crippen molar-refractivity contribution in [2.45, 2.75) is 27.7 Å². The molecule has 1 unspecified atom stereocenters. The smallest absolute Gasteiger partial charge is 0.253 e. The minimum Gasteiger partial charge on any atom is -0.341 e. The van der Waals surface area contributed by atoms with Crippen LogP contribution < -0.4 is 0 Å². The van der Waals surface area contributed by atoms with Gasteiger partial charge in [-0.1, -0.05) is 27.7 Å². The highest BCUT2D eigenvalue weighted by atomic mass is 31.1.